The molecule has 0 radical (unpaired) electrons. The highest BCUT2D eigenvalue weighted by molar-refractivity contribution is 5.95. The van der Waals surface area contributed by atoms with Gasteiger partial charge in [0.15, 0.2) is 11.5 Å². The number of aliphatic carboxylic acids is 1. The van der Waals surface area contributed by atoms with E-state index in [1.165, 1.54) is 6.07 Å². The fraction of sp³-hybridized carbons (Fsp3) is 0.571. The molecule has 2 fully saturated rings. The fourth-order valence-electron chi connectivity index (χ4n) is 7.42. The minimum Gasteiger partial charge on any atom is -0.481 e. The lowest BCUT2D eigenvalue weighted by molar-refractivity contribution is -0.143. The van der Waals surface area contributed by atoms with Crippen LogP contribution in [0, 0.1) is 18.7 Å². The summed E-state index contributed by atoms with van der Waals surface area (Å²) in [6.07, 6.45) is 5.99. The van der Waals surface area contributed by atoms with Gasteiger partial charge in [-0.1, -0.05) is 32.8 Å². The first kappa shape index (κ1) is 32.7. The lowest BCUT2D eigenvalue weighted by Gasteiger charge is -2.35. The molecule has 0 aromatic heterocycles. The number of aryl methyl sites for hydroxylation is 1. The van der Waals surface area contributed by atoms with Gasteiger partial charge in [-0.15, -0.1) is 0 Å². The summed E-state index contributed by atoms with van der Waals surface area (Å²) in [5.74, 6) is -1.10. The molecule has 5 rings (SSSR count). The van der Waals surface area contributed by atoms with Gasteiger partial charge in [0.1, 0.15) is 5.82 Å². The van der Waals surface area contributed by atoms with Crippen LogP contribution in [-0.2, 0) is 14.4 Å². The molecule has 3 atom stereocenters. The van der Waals surface area contributed by atoms with Crippen molar-refractivity contribution < 1.29 is 33.4 Å². The monoisotopic (exact) mass is 623 g/mol. The Kier molecular flexibility index (Phi) is 10.6. The third-order valence-corrected chi connectivity index (χ3v) is 9.59. The van der Waals surface area contributed by atoms with E-state index in [1.54, 1.807) is 19.1 Å². The van der Waals surface area contributed by atoms with Gasteiger partial charge in [-0.3, -0.25) is 19.3 Å². The van der Waals surface area contributed by atoms with Gasteiger partial charge >= 0.3 is 5.97 Å². The maximum absolute atomic E-state index is 14.4. The summed E-state index contributed by atoms with van der Waals surface area (Å²) < 4.78 is 25.4. The molecule has 45 heavy (non-hydrogen) atoms. The van der Waals surface area contributed by atoms with E-state index >= 15 is 0 Å². The number of rotatable bonds is 14. The molecule has 244 valence electrons. The number of carbonyl (C=O) groups is 3. The van der Waals surface area contributed by atoms with E-state index in [2.05, 4.69) is 13.8 Å². The number of hydrogen-bond acceptors (Lipinski definition) is 6. The van der Waals surface area contributed by atoms with Crippen molar-refractivity contribution in [2.45, 2.75) is 90.1 Å². The van der Waals surface area contributed by atoms with E-state index < -0.39 is 17.9 Å². The van der Waals surface area contributed by atoms with Crippen molar-refractivity contribution in [1.29, 1.82) is 0 Å². The minimum atomic E-state index is -0.907. The number of ether oxygens (including phenoxy) is 2. The van der Waals surface area contributed by atoms with Crippen LogP contribution in [0.3, 0.4) is 0 Å². The second kappa shape index (κ2) is 14.6. The number of nitrogens with zero attached hydrogens (tertiary/aromatic N) is 3. The van der Waals surface area contributed by atoms with Crippen LogP contribution in [0.1, 0.15) is 82.3 Å². The Hall–Kier alpha value is -3.66. The van der Waals surface area contributed by atoms with Gasteiger partial charge in [-0.25, -0.2) is 4.39 Å². The van der Waals surface area contributed by atoms with Gasteiger partial charge in [0, 0.05) is 49.7 Å². The SMILES string of the molecule is CCCC(CCC)N(C(=O)CN1C[C@H](c2ccc3c(c2)OCO3)[C@@H](C(=O)O)[C@@H]1CCCN1CCCC1=O)c1ccc(F)c(C)c1. The smallest absolute Gasteiger partial charge is 0.308 e. The molecule has 2 aromatic carbocycles. The van der Waals surface area contributed by atoms with Gasteiger partial charge < -0.3 is 24.4 Å². The first-order valence-electron chi connectivity index (χ1n) is 16.4. The summed E-state index contributed by atoms with van der Waals surface area (Å²) in [4.78, 5) is 45.3. The van der Waals surface area contributed by atoms with Crippen LogP contribution in [0.15, 0.2) is 36.4 Å². The van der Waals surface area contributed by atoms with Crippen molar-refractivity contribution in [2.24, 2.45) is 5.92 Å². The molecule has 0 spiro atoms. The number of carboxylic acids is 1. The lowest BCUT2D eigenvalue weighted by atomic mass is 9.83. The molecule has 0 aliphatic carbocycles. The predicted octanol–water partition coefficient (Wildman–Crippen LogP) is 5.74. The number of carboxylic acid groups (broad SMARTS) is 1. The summed E-state index contributed by atoms with van der Waals surface area (Å²) in [6, 6.07) is 9.92. The quantitative estimate of drug-likeness (QED) is 0.287. The number of hydrogen-bond donors (Lipinski definition) is 1. The summed E-state index contributed by atoms with van der Waals surface area (Å²) in [5, 5.41) is 10.6. The first-order valence-corrected chi connectivity index (χ1v) is 16.4. The molecular weight excluding hydrogens is 577 g/mol. The Bertz CT molecular complexity index is 1380. The average Bonchev–Trinajstić information content (AvgIpc) is 3.74. The number of carbonyl (C=O) groups excluding carboxylic acids is 2. The molecule has 3 aliphatic rings. The van der Waals surface area contributed by atoms with Crippen molar-refractivity contribution in [3.63, 3.8) is 0 Å². The zero-order chi connectivity index (χ0) is 32.1. The summed E-state index contributed by atoms with van der Waals surface area (Å²) in [7, 11) is 0. The van der Waals surface area contributed by atoms with Crippen LogP contribution in [0.5, 0.6) is 11.5 Å². The maximum atomic E-state index is 14.4. The van der Waals surface area contributed by atoms with Crippen molar-refractivity contribution in [2.75, 3.05) is 37.9 Å². The molecule has 0 bridgehead atoms. The Balaban J connectivity index is 1.45. The Morgan fingerprint density at radius 2 is 1.84 bits per heavy atom. The van der Waals surface area contributed by atoms with Gasteiger partial charge in [0.05, 0.1) is 12.5 Å². The van der Waals surface area contributed by atoms with Crippen LogP contribution >= 0.6 is 0 Å². The van der Waals surface area contributed by atoms with Crippen molar-refractivity contribution >= 4 is 23.5 Å². The average molecular weight is 624 g/mol. The Labute approximate surface area is 265 Å². The molecule has 3 aliphatic heterocycles. The van der Waals surface area contributed by atoms with Crippen LogP contribution in [0.25, 0.3) is 0 Å². The molecule has 10 heteroatoms. The summed E-state index contributed by atoms with van der Waals surface area (Å²) in [5.41, 5.74) is 1.97. The standard InChI is InChI=1S/C35H46FN3O6/c1-4-8-25(9-5-2)39(26-13-14-28(36)23(3)18-26)33(41)21-38-20-27(24-12-15-30-31(19-24)45-22-44-30)34(35(42)43)29(38)10-6-16-37-17-7-11-32(37)40/h12-15,18-19,25,27,29,34H,4-11,16-17,20-22H2,1-3H3,(H,42,43)/t27-,29+,34-/m1/s1. The number of amides is 2. The van der Waals surface area contributed by atoms with Gasteiger partial charge in [0.2, 0.25) is 18.6 Å². The van der Waals surface area contributed by atoms with E-state index in [0.717, 1.165) is 44.2 Å². The highest BCUT2D eigenvalue weighted by Crippen LogP contribution is 2.43. The molecule has 0 saturated carbocycles. The topological polar surface area (TPSA) is 99.6 Å². The first-order chi connectivity index (χ1) is 21.7. The van der Waals surface area contributed by atoms with Gasteiger partial charge in [-0.2, -0.15) is 0 Å². The van der Waals surface area contributed by atoms with E-state index in [-0.39, 0.29) is 42.9 Å². The van der Waals surface area contributed by atoms with E-state index in [4.69, 9.17) is 9.47 Å². The van der Waals surface area contributed by atoms with Crippen LogP contribution in [0.2, 0.25) is 0 Å². The largest absolute Gasteiger partial charge is 0.481 e. The molecule has 1 N–H and O–H groups in total. The minimum absolute atomic E-state index is 0.0402. The highest BCUT2D eigenvalue weighted by atomic mass is 19.1. The van der Waals surface area contributed by atoms with Crippen LogP contribution < -0.4 is 14.4 Å². The van der Waals surface area contributed by atoms with E-state index in [0.29, 0.717) is 55.1 Å². The number of likely N-dealkylation sites (tertiary alicyclic amines) is 2. The second-order valence-corrected chi connectivity index (χ2v) is 12.6. The molecular formula is C35H46FN3O6. The van der Waals surface area contributed by atoms with E-state index in [9.17, 15) is 23.9 Å². The normalized spacial score (nSPS) is 21.2. The van der Waals surface area contributed by atoms with Crippen molar-refractivity contribution in [3.8, 4) is 11.5 Å². The number of benzene rings is 2. The zero-order valence-corrected chi connectivity index (χ0v) is 26.7. The summed E-state index contributed by atoms with van der Waals surface area (Å²) >= 11 is 0. The molecule has 2 aromatic rings. The number of anilines is 1. The number of fused-ring (bicyclic) bond motifs is 1. The lowest BCUT2D eigenvalue weighted by Crippen LogP contribution is -2.48. The zero-order valence-electron chi connectivity index (χ0n) is 26.7. The Morgan fingerprint density at radius 1 is 1.09 bits per heavy atom. The van der Waals surface area contributed by atoms with Gasteiger partial charge in [-0.05, 0) is 80.5 Å². The molecule has 3 heterocycles. The maximum Gasteiger partial charge on any atom is 0.308 e. The summed E-state index contributed by atoms with van der Waals surface area (Å²) in [6.45, 7) is 7.75. The van der Waals surface area contributed by atoms with Crippen molar-refractivity contribution in [3.05, 3.63) is 53.3 Å². The third-order valence-electron chi connectivity index (χ3n) is 9.59. The molecule has 2 saturated heterocycles. The molecule has 0 unspecified atom stereocenters. The van der Waals surface area contributed by atoms with Crippen LogP contribution in [-0.4, -0.2) is 77.7 Å². The molecule has 9 nitrogen and oxygen atoms in total. The van der Waals surface area contributed by atoms with Gasteiger partial charge in [0.25, 0.3) is 0 Å². The second-order valence-electron chi connectivity index (χ2n) is 12.6. The third kappa shape index (κ3) is 7.27. The Morgan fingerprint density at radius 3 is 2.51 bits per heavy atom. The van der Waals surface area contributed by atoms with Crippen LogP contribution in [0.4, 0.5) is 10.1 Å². The predicted molar refractivity (Wildman–Crippen MR) is 169 cm³/mol. The highest BCUT2D eigenvalue weighted by Gasteiger charge is 2.47. The fourth-order valence-corrected chi connectivity index (χ4v) is 7.42. The number of halogens is 1. The molecule has 2 amide bonds. The van der Waals surface area contributed by atoms with Crippen molar-refractivity contribution in [1.82, 2.24) is 9.80 Å². The van der Waals surface area contributed by atoms with E-state index in [1.807, 2.05) is 32.9 Å².